The van der Waals surface area contributed by atoms with E-state index in [2.05, 4.69) is 103 Å². The molecule has 1 aromatic heterocycles. The van der Waals surface area contributed by atoms with Gasteiger partial charge in [-0.3, -0.25) is 4.57 Å². The minimum absolute atomic E-state index is 0.785. The number of hydrogen-bond donors (Lipinski definition) is 1. The van der Waals surface area contributed by atoms with E-state index in [0.717, 1.165) is 72.1 Å². The average Bonchev–Trinajstić information content (AvgIpc) is 3.42. The van der Waals surface area contributed by atoms with Crippen LogP contribution in [0.2, 0.25) is 0 Å². The van der Waals surface area contributed by atoms with Crippen LogP contribution in [0.5, 0.6) is 0 Å². The van der Waals surface area contributed by atoms with Crippen molar-refractivity contribution in [3.8, 4) is 44.8 Å². The van der Waals surface area contributed by atoms with Crippen LogP contribution in [0.3, 0.4) is 0 Å². The van der Waals surface area contributed by atoms with Gasteiger partial charge < -0.3 is 5.11 Å². The lowest BCUT2D eigenvalue weighted by atomic mass is 9.83. The normalized spacial score (nSPS) is 15.8. The fourth-order valence-electron chi connectivity index (χ4n) is 6.40. The summed E-state index contributed by atoms with van der Waals surface area (Å²) in [5.74, 6) is 0.785. The monoisotopic (exact) mass is 514 g/mol. The van der Waals surface area contributed by atoms with Crippen molar-refractivity contribution >= 4 is 21.8 Å². The van der Waals surface area contributed by atoms with E-state index in [-0.39, 0.29) is 0 Å². The van der Waals surface area contributed by atoms with Crippen LogP contribution in [0.1, 0.15) is 12.5 Å². The topological polar surface area (TPSA) is 38.1 Å². The molecule has 3 nitrogen and oxygen atoms in total. The fourth-order valence-corrected chi connectivity index (χ4v) is 6.40. The first kappa shape index (κ1) is 22.9. The Morgan fingerprint density at radius 2 is 1.18 bits per heavy atom. The fraction of sp³-hybridized carbons (Fsp3) is 0.0541. The molecule has 0 saturated carbocycles. The van der Waals surface area contributed by atoms with E-state index in [9.17, 15) is 5.11 Å². The van der Waals surface area contributed by atoms with Crippen molar-refractivity contribution in [2.45, 2.75) is 12.6 Å². The number of fused-ring (bicyclic) bond motifs is 4. The van der Waals surface area contributed by atoms with Gasteiger partial charge in [-0.1, -0.05) is 109 Å². The number of para-hydroxylation sites is 1. The van der Waals surface area contributed by atoms with Crippen LogP contribution in [-0.2, 0) is 5.72 Å². The molecule has 0 aliphatic carbocycles. The summed E-state index contributed by atoms with van der Waals surface area (Å²) >= 11 is 0. The molecule has 7 aromatic rings. The predicted molar refractivity (Wildman–Crippen MR) is 164 cm³/mol. The van der Waals surface area contributed by atoms with E-state index < -0.39 is 5.72 Å². The van der Waals surface area contributed by atoms with Gasteiger partial charge in [0.25, 0.3) is 0 Å². The number of aliphatic hydroxyl groups is 1. The first-order chi connectivity index (χ1) is 19.6. The van der Waals surface area contributed by atoms with Crippen LogP contribution in [0.4, 0.5) is 0 Å². The van der Waals surface area contributed by atoms with E-state index >= 15 is 0 Å². The Hall–Kier alpha value is -4.99. The van der Waals surface area contributed by atoms with Gasteiger partial charge in [0.2, 0.25) is 0 Å². The van der Waals surface area contributed by atoms with Gasteiger partial charge in [0.15, 0.2) is 5.72 Å². The molecular formula is C37H26N2O. The summed E-state index contributed by atoms with van der Waals surface area (Å²) in [5, 5.41) is 14.7. The molecule has 6 aromatic carbocycles. The lowest BCUT2D eigenvalue weighted by Crippen LogP contribution is -2.34. The number of imidazole rings is 1. The predicted octanol–water partition coefficient (Wildman–Crippen LogP) is 8.88. The molecule has 2 heterocycles. The zero-order valence-electron chi connectivity index (χ0n) is 22.0. The molecule has 1 unspecified atom stereocenters. The molecule has 0 amide bonds. The minimum Gasteiger partial charge on any atom is -0.367 e. The van der Waals surface area contributed by atoms with E-state index in [1.54, 1.807) is 0 Å². The Labute approximate surface area is 232 Å². The molecule has 0 saturated heterocycles. The Kier molecular flexibility index (Phi) is 4.88. The van der Waals surface area contributed by atoms with E-state index in [4.69, 9.17) is 4.98 Å². The highest BCUT2D eigenvalue weighted by atomic mass is 16.3. The van der Waals surface area contributed by atoms with Crippen molar-refractivity contribution in [1.82, 2.24) is 9.55 Å². The highest BCUT2D eigenvalue weighted by Gasteiger charge is 2.38. The number of rotatable bonds is 3. The summed E-state index contributed by atoms with van der Waals surface area (Å²) in [6.07, 6.45) is 0. The van der Waals surface area contributed by atoms with Gasteiger partial charge in [-0.05, 0) is 64.4 Å². The lowest BCUT2D eigenvalue weighted by molar-refractivity contribution is 0.0314. The van der Waals surface area contributed by atoms with E-state index in [0.29, 0.717) is 0 Å². The van der Waals surface area contributed by atoms with E-state index in [1.807, 2.05) is 41.8 Å². The Balaban J connectivity index is 1.49. The number of hydrogen-bond acceptors (Lipinski definition) is 2. The molecular weight excluding hydrogens is 488 g/mol. The quantitative estimate of drug-likeness (QED) is 0.256. The van der Waals surface area contributed by atoms with Gasteiger partial charge in [-0.25, -0.2) is 4.98 Å². The summed E-state index contributed by atoms with van der Waals surface area (Å²) < 4.78 is 2.02. The van der Waals surface area contributed by atoms with Crippen molar-refractivity contribution in [2.24, 2.45) is 0 Å². The van der Waals surface area contributed by atoms with Crippen LogP contribution in [0.15, 0.2) is 133 Å². The molecule has 190 valence electrons. The maximum Gasteiger partial charge on any atom is 0.167 e. The van der Waals surface area contributed by atoms with Gasteiger partial charge in [-0.2, -0.15) is 0 Å². The van der Waals surface area contributed by atoms with Crippen molar-refractivity contribution < 1.29 is 5.11 Å². The molecule has 8 rings (SSSR count). The smallest absolute Gasteiger partial charge is 0.167 e. The zero-order chi connectivity index (χ0) is 26.8. The lowest BCUT2D eigenvalue weighted by Gasteiger charge is -2.35. The Morgan fingerprint density at radius 1 is 0.575 bits per heavy atom. The molecule has 0 bridgehead atoms. The maximum atomic E-state index is 12.5. The summed E-state index contributed by atoms with van der Waals surface area (Å²) in [6, 6.07) is 46.3. The molecule has 0 fully saturated rings. The highest BCUT2D eigenvalue weighted by molar-refractivity contribution is 6.10. The zero-order valence-corrected chi connectivity index (χ0v) is 22.0. The van der Waals surface area contributed by atoms with Crippen LogP contribution in [-0.4, -0.2) is 14.7 Å². The van der Waals surface area contributed by atoms with Crippen LogP contribution >= 0.6 is 0 Å². The van der Waals surface area contributed by atoms with Crippen molar-refractivity contribution in [3.63, 3.8) is 0 Å². The van der Waals surface area contributed by atoms with Gasteiger partial charge in [0.05, 0.1) is 11.0 Å². The van der Waals surface area contributed by atoms with Crippen LogP contribution in [0, 0.1) is 0 Å². The van der Waals surface area contributed by atoms with Crippen LogP contribution in [0.25, 0.3) is 66.6 Å². The van der Waals surface area contributed by atoms with Crippen molar-refractivity contribution in [1.29, 1.82) is 0 Å². The summed E-state index contributed by atoms with van der Waals surface area (Å²) in [6.45, 7) is 1.90. The van der Waals surface area contributed by atoms with Gasteiger partial charge in [0, 0.05) is 22.1 Å². The Bertz CT molecular complexity index is 2060. The third-order valence-corrected chi connectivity index (χ3v) is 8.26. The molecule has 1 aliphatic heterocycles. The van der Waals surface area contributed by atoms with Crippen molar-refractivity contribution in [3.05, 3.63) is 139 Å². The van der Waals surface area contributed by atoms with E-state index in [1.165, 1.54) is 0 Å². The third kappa shape index (κ3) is 3.25. The first-order valence-electron chi connectivity index (χ1n) is 13.6. The molecule has 1 N–H and O–H groups in total. The summed E-state index contributed by atoms with van der Waals surface area (Å²) in [4.78, 5) is 5.24. The third-order valence-electron chi connectivity index (χ3n) is 8.26. The molecule has 40 heavy (non-hydrogen) atoms. The Morgan fingerprint density at radius 3 is 1.85 bits per heavy atom. The highest BCUT2D eigenvalue weighted by Crippen LogP contribution is 2.49. The average molecular weight is 515 g/mol. The summed E-state index contributed by atoms with van der Waals surface area (Å²) in [5.41, 5.74) is 9.06. The molecule has 1 atom stereocenters. The van der Waals surface area contributed by atoms with Gasteiger partial charge in [-0.15, -0.1) is 0 Å². The van der Waals surface area contributed by atoms with Crippen molar-refractivity contribution in [2.75, 3.05) is 0 Å². The molecule has 3 heteroatoms. The second-order valence-electron chi connectivity index (χ2n) is 10.7. The molecule has 1 aliphatic rings. The second-order valence-corrected chi connectivity index (χ2v) is 10.7. The largest absolute Gasteiger partial charge is 0.367 e. The molecule has 0 radical (unpaired) electrons. The number of aromatic nitrogens is 2. The molecule has 0 spiro atoms. The number of benzene rings is 6. The minimum atomic E-state index is -1.31. The van der Waals surface area contributed by atoms with Gasteiger partial charge in [0.1, 0.15) is 5.82 Å². The first-order valence-corrected chi connectivity index (χ1v) is 13.6. The standard InChI is InChI=1S/C37H26N2O/c1-37(40)32-23-27(24-12-5-2-6-13-24)22-31-28(25-14-7-3-8-15-25)20-21-30(34(31)32)36-38-35-29(26-16-9-4-10-17-26)18-11-19-33(35)39(36)37/h2-23,40H,1H3. The van der Waals surface area contributed by atoms with Crippen LogP contribution < -0.4 is 0 Å². The number of nitrogens with zero attached hydrogens (tertiary/aromatic N) is 2. The SMILES string of the molecule is CC1(O)c2cc(-c3ccccc3)cc3c(-c4ccccc4)ccc(c23)-c2nc3c(-c4ccccc4)cccc3n21. The second kappa shape index (κ2) is 8.51. The summed E-state index contributed by atoms with van der Waals surface area (Å²) in [7, 11) is 0. The maximum absolute atomic E-state index is 12.5. The van der Waals surface area contributed by atoms with Gasteiger partial charge >= 0.3 is 0 Å².